The second-order valence-electron chi connectivity index (χ2n) is 6.74. The zero-order chi connectivity index (χ0) is 16.2. The van der Waals surface area contributed by atoms with Crippen LogP contribution >= 0.6 is 0 Å². The summed E-state index contributed by atoms with van der Waals surface area (Å²) in [5.74, 6) is -0.143. The lowest BCUT2D eigenvalue weighted by Gasteiger charge is -2.30. The van der Waals surface area contributed by atoms with E-state index in [0.29, 0.717) is 24.9 Å². The van der Waals surface area contributed by atoms with Crippen LogP contribution in [0.5, 0.6) is 0 Å². The molecule has 0 amide bonds. The number of anilines is 1. The maximum absolute atomic E-state index is 14.5. The van der Waals surface area contributed by atoms with Crippen molar-refractivity contribution >= 4 is 5.69 Å². The number of ether oxygens (including phenoxy) is 1. The highest BCUT2D eigenvalue weighted by Gasteiger charge is 2.26. The summed E-state index contributed by atoms with van der Waals surface area (Å²) in [4.78, 5) is 4.42. The Balaban J connectivity index is 1.65. The maximum Gasteiger partial charge on any atom is 0.146 e. The Morgan fingerprint density at radius 3 is 2.78 bits per heavy atom. The van der Waals surface area contributed by atoms with Gasteiger partial charge in [0, 0.05) is 25.7 Å². The molecule has 0 saturated carbocycles. The maximum atomic E-state index is 14.5. The fraction of sp³-hybridized carbons (Fsp3) is 0.667. The number of rotatable bonds is 5. The number of aliphatic hydroxyl groups is 1. The van der Waals surface area contributed by atoms with Crippen molar-refractivity contribution in [1.29, 1.82) is 0 Å². The minimum Gasteiger partial charge on any atom is -0.393 e. The monoisotopic (exact) mass is 322 g/mol. The van der Waals surface area contributed by atoms with Crippen LogP contribution in [0.25, 0.3) is 0 Å². The van der Waals surface area contributed by atoms with Gasteiger partial charge in [-0.2, -0.15) is 0 Å². The molecule has 2 heterocycles. The largest absolute Gasteiger partial charge is 0.393 e. The molecule has 1 aromatic carbocycles. The number of aliphatic hydroxyl groups excluding tert-OH is 1. The molecule has 1 N–H and O–H groups in total. The van der Waals surface area contributed by atoms with Gasteiger partial charge < -0.3 is 14.7 Å². The Labute approximate surface area is 137 Å². The average Bonchev–Trinajstić information content (AvgIpc) is 2.94. The van der Waals surface area contributed by atoms with Crippen LogP contribution in [0, 0.1) is 5.82 Å². The molecule has 2 fully saturated rings. The van der Waals surface area contributed by atoms with Crippen molar-refractivity contribution < 1.29 is 14.2 Å². The van der Waals surface area contributed by atoms with Crippen molar-refractivity contribution in [3.63, 3.8) is 0 Å². The summed E-state index contributed by atoms with van der Waals surface area (Å²) in [6.07, 6.45) is 2.81. The van der Waals surface area contributed by atoms with Crippen molar-refractivity contribution in [2.24, 2.45) is 0 Å². The van der Waals surface area contributed by atoms with Crippen molar-refractivity contribution in [2.75, 3.05) is 37.7 Å². The standard InChI is InChI=1S/C18H27FN2O2/c1-14(22)11-16-3-2-6-21(16)13-15-4-5-18(17(19)12-15)20-7-9-23-10-8-20/h4-5,12,14,16,22H,2-3,6-11,13H2,1H3. The second-order valence-corrected chi connectivity index (χ2v) is 6.74. The van der Waals surface area contributed by atoms with Crippen molar-refractivity contribution in [2.45, 2.75) is 44.9 Å². The van der Waals surface area contributed by atoms with Gasteiger partial charge in [-0.1, -0.05) is 6.07 Å². The lowest BCUT2D eigenvalue weighted by Crippen LogP contribution is -2.36. The van der Waals surface area contributed by atoms with Crippen LogP contribution in [-0.4, -0.2) is 55.0 Å². The topological polar surface area (TPSA) is 35.9 Å². The van der Waals surface area contributed by atoms with Crippen LogP contribution < -0.4 is 4.90 Å². The lowest BCUT2D eigenvalue weighted by molar-refractivity contribution is 0.122. The summed E-state index contributed by atoms with van der Waals surface area (Å²) in [7, 11) is 0. The predicted molar refractivity (Wildman–Crippen MR) is 89.2 cm³/mol. The molecule has 2 aliphatic heterocycles. The minimum absolute atomic E-state index is 0.143. The average molecular weight is 322 g/mol. The van der Waals surface area contributed by atoms with Gasteiger partial charge in [0.2, 0.25) is 0 Å². The normalized spacial score (nSPS) is 24.1. The molecule has 0 spiro atoms. The smallest absolute Gasteiger partial charge is 0.146 e. The van der Waals surface area contributed by atoms with E-state index in [1.165, 1.54) is 0 Å². The van der Waals surface area contributed by atoms with Crippen molar-refractivity contribution in [3.8, 4) is 0 Å². The predicted octanol–water partition coefficient (Wildman–Crippen LogP) is 2.40. The third kappa shape index (κ3) is 4.22. The molecule has 0 aliphatic carbocycles. The van der Waals surface area contributed by atoms with Crippen LogP contribution in [0.2, 0.25) is 0 Å². The summed E-state index contributed by atoms with van der Waals surface area (Å²) in [5, 5.41) is 9.62. The third-order valence-electron chi connectivity index (χ3n) is 4.86. The first kappa shape index (κ1) is 16.7. The van der Waals surface area contributed by atoms with Gasteiger partial charge >= 0.3 is 0 Å². The molecule has 3 rings (SSSR count). The Morgan fingerprint density at radius 2 is 2.09 bits per heavy atom. The summed E-state index contributed by atoms with van der Waals surface area (Å²) in [6, 6.07) is 6.01. The molecule has 2 unspecified atom stereocenters. The van der Waals surface area contributed by atoms with Crippen LogP contribution in [0.3, 0.4) is 0 Å². The molecule has 0 radical (unpaired) electrons. The molecule has 0 aromatic heterocycles. The van der Waals surface area contributed by atoms with E-state index < -0.39 is 0 Å². The molecular formula is C18H27FN2O2. The van der Waals surface area contributed by atoms with Gasteiger partial charge in [-0.05, 0) is 50.4 Å². The molecule has 2 saturated heterocycles. The molecule has 1 aromatic rings. The zero-order valence-corrected chi connectivity index (χ0v) is 13.9. The minimum atomic E-state index is -0.277. The van der Waals surface area contributed by atoms with Gasteiger partial charge in [0.25, 0.3) is 0 Å². The summed E-state index contributed by atoms with van der Waals surface area (Å²) in [6.45, 7) is 6.46. The van der Waals surface area contributed by atoms with E-state index in [4.69, 9.17) is 4.74 Å². The molecule has 128 valence electrons. The Hall–Kier alpha value is -1.17. The first-order valence-electron chi connectivity index (χ1n) is 8.66. The van der Waals surface area contributed by atoms with Gasteiger partial charge in [0.1, 0.15) is 5.82 Å². The Kier molecular flexibility index (Phi) is 5.51. The summed E-state index contributed by atoms with van der Waals surface area (Å²) >= 11 is 0. The number of morpholine rings is 1. The highest BCUT2D eigenvalue weighted by Crippen LogP contribution is 2.26. The first-order valence-corrected chi connectivity index (χ1v) is 8.66. The van der Waals surface area contributed by atoms with Gasteiger partial charge in [-0.3, -0.25) is 4.90 Å². The lowest BCUT2D eigenvalue weighted by atomic mass is 10.1. The van der Waals surface area contributed by atoms with E-state index >= 15 is 0 Å². The highest BCUT2D eigenvalue weighted by atomic mass is 19.1. The van der Waals surface area contributed by atoms with Crippen LogP contribution in [0.4, 0.5) is 10.1 Å². The Morgan fingerprint density at radius 1 is 1.30 bits per heavy atom. The van der Waals surface area contributed by atoms with Gasteiger partial charge in [-0.25, -0.2) is 4.39 Å². The molecule has 0 bridgehead atoms. The summed E-state index contributed by atoms with van der Waals surface area (Å²) in [5.41, 5.74) is 1.69. The molecule has 2 aliphatic rings. The molecule has 2 atom stereocenters. The fourth-order valence-corrected chi connectivity index (χ4v) is 3.71. The third-order valence-corrected chi connectivity index (χ3v) is 4.86. The van der Waals surface area contributed by atoms with E-state index in [9.17, 15) is 9.50 Å². The second kappa shape index (κ2) is 7.60. The number of benzene rings is 1. The summed E-state index contributed by atoms with van der Waals surface area (Å²) < 4.78 is 19.8. The zero-order valence-electron chi connectivity index (χ0n) is 13.9. The van der Waals surface area contributed by atoms with E-state index in [1.54, 1.807) is 6.07 Å². The van der Waals surface area contributed by atoms with E-state index in [0.717, 1.165) is 51.0 Å². The highest BCUT2D eigenvalue weighted by molar-refractivity contribution is 5.49. The van der Waals surface area contributed by atoms with Gasteiger partial charge in [-0.15, -0.1) is 0 Å². The van der Waals surface area contributed by atoms with Crippen LogP contribution in [0.15, 0.2) is 18.2 Å². The van der Waals surface area contributed by atoms with Gasteiger partial charge in [0.15, 0.2) is 0 Å². The number of hydrogen-bond donors (Lipinski definition) is 1. The molecule has 4 nitrogen and oxygen atoms in total. The van der Waals surface area contributed by atoms with Crippen molar-refractivity contribution in [3.05, 3.63) is 29.6 Å². The van der Waals surface area contributed by atoms with E-state index in [-0.39, 0.29) is 11.9 Å². The first-order chi connectivity index (χ1) is 11.1. The number of halogens is 1. The fourth-order valence-electron chi connectivity index (χ4n) is 3.71. The SMILES string of the molecule is CC(O)CC1CCCN1Cc1ccc(N2CCOCC2)c(F)c1. The van der Waals surface area contributed by atoms with E-state index in [2.05, 4.69) is 9.80 Å². The molecule has 5 heteroatoms. The number of nitrogens with zero attached hydrogens (tertiary/aromatic N) is 2. The van der Waals surface area contributed by atoms with E-state index in [1.807, 2.05) is 19.1 Å². The quantitative estimate of drug-likeness (QED) is 0.903. The molecule has 23 heavy (non-hydrogen) atoms. The Bertz CT molecular complexity index is 518. The number of likely N-dealkylation sites (tertiary alicyclic amines) is 1. The van der Waals surface area contributed by atoms with Crippen LogP contribution in [-0.2, 0) is 11.3 Å². The van der Waals surface area contributed by atoms with Crippen LogP contribution in [0.1, 0.15) is 31.7 Å². The molecular weight excluding hydrogens is 295 g/mol. The van der Waals surface area contributed by atoms with Crippen molar-refractivity contribution in [1.82, 2.24) is 4.90 Å². The number of hydrogen-bond acceptors (Lipinski definition) is 4. The van der Waals surface area contributed by atoms with Gasteiger partial charge in [0.05, 0.1) is 25.0 Å².